The summed E-state index contributed by atoms with van der Waals surface area (Å²) in [5.74, 6) is 0.927. The summed E-state index contributed by atoms with van der Waals surface area (Å²) in [4.78, 5) is 14.8. The van der Waals surface area contributed by atoms with Crippen LogP contribution in [-0.2, 0) is 4.79 Å². The molecule has 1 aromatic carbocycles. The predicted octanol–water partition coefficient (Wildman–Crippen LogP) is 2.75. The van der Waals surface area contributed by atoms with Crippen molar-refractivity contribution in [2.24, 2.45) is 0 Å². The fourth-order valence-corrected chi connectivity index (χ4v) is 2.73. The Morgan fingerprint density at radius 1 is 1.53 bits per heavy atom. The van der Waals surface area contributed by atoms with Crippen LogP contribution in [-0.4, -0.2) is 23.6 Å². The number of thioether (sulfide) groups is 1. The number of halogens is 1. The van der Waals surface area contributed by atoms with E-state index in [4.69, 9.17) is 11.6 Å². The molecule has 1 aliphatic heterocycles. The van der Waals surface area contributed by atoms with Gasteiger partial charge in [0.25, 0.3) is 0 Å². The normalized spacial score (nSPS) is 17.1. The van der Waals surface area contributed by atoms with E-state index in [2.05, 4.69) is 0 Å². The third kappa shape index (κ3) is 2.13. The molecule has 1 unspecified atom stereocenters. The van der Waals surface area contributed by atoms with Gasteiger partial charge in [-0.3, -0.25) is 4.79 Å². The maximum Gasteiger partial charge on any atom is 0.244 e. The smallest absolute Gasteiger partial charge is 0.244 e. The highest BCUT2D eigenvalue weighted by atomic mass is 35.5. The molecule has 1 atom stereocenters. The Bertz CT molecular complexity index is 381. The summed E-state index contributed by atoms with van der Waals surface area (Å²) < 4.78 is 0. The van der Waals surface area contributed by atoms with E-state index in [9.17, 15) is 4.79 Å². The van der Waals surface area contributed by atoms with Crippen LogP contribution in [0.15, 0.2) is 29.2 Å². The Labute approximate surface area is 98.6 Å². The number of hydrogen-bond donors (Lipinski definition) is 0. The minimum absolute atomic E-state index is 0.00980. The summed E-state index contributed by atoms with van der Waals surface area (Å²) in [7, 11) is 0. The first-order valence-electron chi connectivity index (χ1n) is 4.87. The predicted molar refractivity (Wildman–Crippen MR) is 64.8 cm³/mol. The standard InChI is InChI=1S/C11H12ClNOS/c1-8(12)11(14)13-6-7-15-10-5-3-2-4-9(10)13/h2-5,8H,6-7H2,1H3. The number of para-hydroxylation sites is 1. The van der Waals surface area contributed by atoms with Crippen LogP contribution < -0.4 is 4.90 Å². The van der Waals surface area contributed by atoms with Crippen molar-refractivity contribution in [3.63, 3.8) is 0 Å². The van der Waals surface area contributed by atoms with E-state index < -0.39 is 5.38 Å². The Morgan fingerprint density at radius 3 is 3.00 bits per heavy atom. The highest BCUT2D eigenvalue weighted by molar-refractivity contribution is 7.99. The van der Waals surface area contributed by atoms with Crippen LogP contribution in [0.25, 0.3) is 0 Å². The number of anilines is 1. The summed E-state index contributed by atoms with van der Waals surface area (Å²) >= 11 is 7.61. The van der Waals surface area contributed by atoms with Gasteiger partial charge in [0, 0.05) is 17.2 Å². The summed E-state index contributed by atoms with van der Waals surface area (Å²) in [5.41, 5.74) is 0.992. The number of alkyl halides is 1. The average Bonchev–Trinajstić information content (AvgIpc) is 2.27. The Hall–Kier alpha value is -0.670. The van der Waals surface area contributed by atoms with Crippen molar-refractivity contribution >= 4 is 35.0 Å². The first-order valence-corrected chi connectivity index (χ1v) is 6.29. The number of amides is 1. The molecule has 0 N–H and O–H groups in total. The zero-order valence-electron chi connectivity index (χ0n) is 8.44. The Balaban J connectivity index is 2.34. The summed E-state index contributed by atoms with van der Waals surface area (Å²) in [6, 6.07) is 7.95. The minimum Gasteiger partial charge on any atom is -0.309 e. The van der Waals surface area contributed by atoms with Crippen LogP contribution >= 0.6 is 23.4 Å². The molecule has 1 aromatic rings. The maximum absolute atomic E-state index is 11.8. The molecule has 4 heteroatoms. The van der Waals surface area contributed by atoms with Gasteiger partial charge in [-0.25, -0.2) is 0 Å². The Morgan fingerprint density at radius 2 is 2.27 bits per heavy atom. The fourth-order valence-electron chi connectivity index (χ4n) is 1.61. The monoisotopic (exact) mass is 241 g/mol. The number of benzene rings is 1. The summed E-state index contributed by atoms with van der Waals surface area (Å²) in [6.07, 6.45) is 0. The maximum atomic E-state index is 11.8. The van der Waals surface area contributed by atoms with E-state index in [-0.39, 0.29) is 5.91 Å². The summed E-state index contributed by atoms with van der Waals surface area (Å²) in [5, 5.41) is -0.457. The van der Waals surface area contributed by atoms with E-state index in [1.165, 1.54) is 0 Å². The molecule has 1 heterocycles. The second kappa shape index (κ2) is 4.45. The van der Waals surface area contributed by atoms with Gasteiger partial charge in [0.1, 0.15) is 5.38 Å². The lowest BCUT2D eigenvalue weighted by molar-refractivity contribution is -0.118. The molecule has 15 heavy (non-hydrogen) atoms. The van der Waals surface area contributed by atoms with E-state index >= 15 is 0 Å². The summed E-state index contributed by atoms with van der Waals surface area (Å²) in [6.45, 7) is 2.46. The lowest BCUT2D eigenvalue weighted by Crippen LogP contribution is -2.39. The molecule has 1 amide bonds. The zero-order valence-corrected chi connectivity index (χ0v) is 10.0. The molecule has 0 aliphatic carbocycles. The van der Waals surface area contributed by atoms with Gasteiger partial charge in [-0.15, -0.1) is 23.4 Å². The van der Waals surface area contributed by atoms with Crippen LogP contribution in [0.4, 0.5) is 5.69 Å². The molecule has 2 nitrogen and oxygen atoms in total. The van der Waals surface area contributed by atoms with Gasteiger partial charge in [-0.1, -0.05) is 12.1 Å². The third-order valence-corrected chi connectivity index (χ3v) is 3.56. The largest absolute Gasteiger partial charge is 0.309 e. The second-order valence-electron chi connectivity index (χ2n) is 3.42. The van der Waals surface area contributed by atoms with Gasteiger partial charge in [0.2, 0.25) is 5.91 Å². The molecule has 0 radical (unpaired) electrons. The van der Waals surface area contributed by atoms with Gasteiger partial charge >= 0.3 is 0 Å². The van der Waals surface area contributed by atoms with Gasteiger partial charge in [0.15, 0.2) is 0 Å². The number of carbonyl (C=O) groups is 1. The number of hydrogen-bond acceptors (Lipinski definition) is 2. The average molecular weight is 242 g/mol. The van der Waals surface area contributed by atoms with Crippen molar-refractivity contribution in [1.29, 1.82) is 0 Å². The first kappa shape index (κ1) is 10.8. The molecular weight excluding hydrogens is 230 g/mol. The number of rotatable bonds is 1. The van der Waals surface area contributed by atoms with Crippen molar-refractivity contribution in [2.75, 3.05) is 17.2 Å². The van der Waals surface area contributed by atoms with Crippen LogP contribution in [0.1, 0.15) is 6.92 Å². The zero-order chi connectivity index (χ0) is 10.8. The SMILES string of the molecule is CC(Cl)C(=O)N1CCSc2ccccc21. The van der Waals surface area contributed by atoms with Gasteiger partial charge < -0.3 is 4.90 Å². The number of nitrogens with zero attached hydrogens (tertiary/aromatic N) is 1. The molecule has 0 aromatic heterocycles. The van der Waals surface area contributed by atoms with E-state index in [0.29, 0.717) is 0 Å². The van der Waals surface area contributed by atoms with Crippen molar-refractivity contribution in [3.05, 3.63) is 24.3 Å². The molecule has 2 rings (SSSR count). The van der Waals surface area contributed by atoms with Crippen molar-refractivity contribution in [3.8, 4) is 0 Å². The third-order valence-electron chi connectivity index (χ3n) is 2.33. The molecule has 0 spiro atoms. The number of fused-ring (bicyclic) bond motifs is 1. The Kier molecular flexibility index (Phi) is 3.22. The van der Waals surface area contributed by atoms with Crippen molar-refractivity contribution in [1.82, 2.24) is 0 Å². The number of carbonyl (C=O) groups excluding carboxylic acids is 1. The highest BCUT2D eigenvalue weighted by Gasteiger charge is 2.24. The topological polar surface area (TPSA) is 20.3 Å². The van der Waals surface area contributed by atoms with Gasteiger partial charge in [0.05, 0.1) is 5.69 Å². The van der Waals surface area contributed by atoms with Crippen molar-refractivity contribution < 1.29 is 4.79 Å². The van der Waals surface area contributed by atoms with Crippen molar-refractivity contribution in [2.45, 2.75) is 17.2 Å². The van der Waals surface area contributed by atoms with Gasteiger partial charge in [-0.2, -0.15) is 0 Å². The van der Waals surface area contributed by atoms with E-state index in [1.54, 1.807) is 23.6 Å². The quantitative estimate of drug-likeness (QED) is 0.705. The lowest BCUT2D eigenvalue weighted by Gasteiger charge is -2.29. The first-order chi connectivity index (χ1) is 7.20. The van der Waals surface area contributed by atoms with E-state index in [0.717, 1.165) is 22.9 Å². The van der Waals surface area contributed by atoms with Crippen LogP contribution in [0, 0.1) is 0 Å². The van der Waals surface area contributed by atoms with Gasteiger partial charge in [-0.05, 0) is 19.1 Å². The fraction of sp³-hybridized carbons (Fsp3) is 0.364. The molecule has 0 bridgehead atoms. The van der Waals surface area contributed by atoms with Crippen LogP contribution in [0.3, 0.4) is 0 Å². The molecule has 0 saturated heterocycles. The molecule has 1 aliphatic rings. The molecule has 0 saturated carbocycles. The molecule has 80 valence electrons. The second-order valence-corrected chi connectivity index (χ2v) is 5.21. The molecular formula is C11H12ClNOS. The van der Waals surface area contributed by atoms with Crippen LogP contribution in [0.2, 0.25) is 0 Å². The molecule has 0 fully saturated rings. The van der Waals surface area contributed by atoms with Crippen LogP contribution in [0.5, 0.6) is 0 Å². The lowest BCUT2D eigenvalue weighted by atomic mass is 10.2. The van der Waals surface area contributed by atoms with E-state index in [1.807, 2.05) is 24.3 Å². The highest BCUT2D eigenvalue weighted by Crippen LogP contribution is 2.34. The minimum atomic E-state index is -0.457.